The van der Waals surface area contributed by atoms with Gasteiger partial charge in [-0.15, -0.1) is 0 Å². The van der Waals surface area contributed by atoms with E-state index in [0.717, 1.165) is 25.1 Å². The molecule has 2 heterocycles. The maximum Gasteiger partial charge on any atom is 0.253 e. The van der Waals surface area contributed by atoms with Crippen molar-refractivity contribution in [1.82, 2.24) is 9.80 Å². The number of nitrogens with zero attached hydrogens (tertiary/aromatic N) is 3. The molecular formula is C23H26ClN3O3. The Labute approximate surface area is 182 Å². The van der Waals surface area contributed by atoms with Crippen molar-refractivity contribution in [1.29, 1.82) is 0 Å². The van der Waals surface area contributed by atoms with Gasteiger partial charge in [-0.05, 0) is 49.2 Å². The monoisotopic (exact) mass is 427 g/mol. The molecule has 4 rings (SSSR count). The number of carbonyl (C=O) groups excluding carboxylic acids is 2. The van der Waals surface area contributed by atoms with Crippen LogP contribution < -0.4 is 9.64 Å². The zero-order chi connectivity index (χ0) is 21.1. The third-order valence-corrected chi connectivity index (χ3v) is 6.15. The van der Waals surface area contributed by atoms with Gasteiger partial charge in [0.05, 0.1) is 18.8 Å². The fourth-order valence-electron chi connectivity index (χ4n) is 4.32. The Balaban J connectivity index is 1.42. The maximum absolute atomic E-state index is 13.2. The van der Waals surface area contributed by atoms with E-state index in [1.165, 1.54) is 0 Å². The van der Waals surface area contributed by atoms with Gasteiger partial charge in [-0.3, -0.25) is 14.5 Å². The van der Waals surface area contributed by atoms with Crippen molar-refractivity contribution in [2.75, 3.05) is 44.7 Å². The molecule has 2 aliphatic rings. The first-order valence-corrected chi connectivity index (χ1v) is 10.7. The lowest BCUT2D eigenvalue weighted by atomic mass is 10.2. The van der Waals surface area contributed by atoms with Crippen LogP contribution in [0.4, 0.5) is 5.69 Å². The molecule has 0 N–H and O–H groups in total. The van der Waals surface area contributed by atoms with Crippen molar-refractivity contribution < 1.29 is 14.3 Å². The minimum Gasteiger partial charge on any atom is -0.495 e. The summed E-state index contributed by atoms with van der Waals surface area (Å²) >= 11 is 5.93. The molecule has 0 spiro atoms. The minimum atomic E-state index is -0.152. The first kappa shape index (κ1) is 20.7. The van der Waals surface area contributed by atoms with Crippen molar-refractivity contribution in [2.45, 2.75) is 18.9 Å². The van der Waals surface area contributed by atoms with Crippen molar-refractivity contribution in [2.24, 2.45) is 0 Å². The summed E-state index contributed by atoms with van der Waals surface area (Å²) in [6.45, 7) is 3.47. The molecule has 0 bridgehead atoms. The van der Waals surface area contributed by atoms with Crippen LogP contribution in [0.2, 0.25) is 5.02 Å². The van der Waals surface area contributed by atoms with Gasteiger partial charge in [-0.2, -0.15) is 0 Å². The van der Waals surface area contributed by atoms with Crippen LogP contribution in [0.15, 0.2) is 48.5 Å². The maximum atomic E-state index is 13.2. The molecule has 2 fully saturated rings. The number of hydrogen-bond acceptors (Lipinski definition) is 4. The molecule has 2 amide bonds. The number of ether oxygens (including phenoxy) is 1. The predicted molar refractivity (Wildman–Crippen MR) is 117 cm³/mol. The Hall–Kier alpha value is -2.57. The van der Waals surface area contributed by atoms with E-state index in [1.807, 2.05) is 34.1 Å². The smallest absolute Gasteiger partial charge is 0.253 e. The van der Waals surface area contributed by atoms with Gasteiger partial charge in [0.2, 0.25) is 5.91 Å². The highest BCUT2D eigenvalue weighted by Crippen LogP contribution is 2.32. The highest BCUT2D eigenvalue weighted by Gasteiger charge is 2.38. The van der Waals surface area contributed by atoms with Crippen molar-refractivity contribution in [3.63, 3.8) is 0 Å². The lowest BCUT2D eigenvalue weighted by Gasteiger charge is -2.27. The third kappa shape index (κ3) is 4.16. The van der Waals surface area contributed by atoms with E-state index in [0.29, 0.717) is 42.5 Å². The quantitative estimate of drug-likeness (QED) is 0.751. The lowest BCUT2D eigenvalue weighted by molar-refractivity contribution is -0.121. The number of carbonyl (C=O) groups is 2. The van der Waals surface area contributed by atoms with Gasteiger partial charge < -0.3 is 14.5 Å². The molecule has 7 heteroatoms. The SMILES string of the molecule is COc1ccccc1N1CCC(N2CCCN(C(=O)c3ccc(Cl)cc3)CC2)C1=O. The fraction of sp³-hybridized carbons (Fsp3) is 0.391. The summed E-state index contributed by atoms with van der Waals surface area (Å²) in [6, 6.07) is 14.5. The average molecular weight is 428 g/mol. The molecule has 30 heavy (non-hydrogen) atoms. The first-order chi connectivity index (χ1) is 14.6. The third-order valence-electron chi connectivity index (χ3n) is 5.90. The summed E-state index contributed by atoms with van der Waals surface area (Å²) in [5.41, 5.74) is 1.47. The van der Waals surface area contributed by atoms with Gasteiger partial charge >= 0.3 is 0 Å². The predicted octanol–water partition coefficient (Wildman–Crippen LogP) is 3.30. The Bertz CT molecular complexity index is 918. The minimum absolute atomic E-state index is 0.0157. The van der Waals surface area contributed by atoms with E-state index < -0.39 is 0 Å². The Morgan fingerprint density at radius 1 is 1.00 bits per heavy atom. The fourth-order valence-corrected chi connectivity index (χ4v) is 4.45. The van der Waals surface area contributed by atoms with Gasteiger partial charge in [0, 0.05) is 43.3 Å². The van der Waals surface area contributed by atoms with Crippen LogP contribution in [-0.2, 0) is 4.79 Å². The summed E-state index contributed by atoms with van der Waals surface area (Å²) in [6.07, 6.45) is 1.62. The normalized spacial score (nSPS) is 20.3. The number of para-hydroxylation sites is 2. The summed E-state index contributed by atoms with van der Waals surface area (Å²) in [5.74, 6) is 0.834. The number of hydrogen-bond donors (Lipinski definition) is 0. The molecule has 2 aliphatic heterocycles. The van der Waals surface area contributed by atoms with Crippen LogP contribution in [0.25, 0.3) is 0 Å². The van der Waals surface area contributed by atoms with E-state index in [-0.39, 0.29) is 17.9 Å². The topological polar surface area (TPSA) is 53.1 Å². The molecule has 1 atom stereocenters. The van der Waals surface area contributed by atoms with Crippen LogP contribution >= 0.6 is 11.6 Å². The van der Waals surface area contributed by atoms with E-state index in [9.17, 15) is 9.59 Å². The number of halogens is 1. The van der Waals surface area contributed by atoms with Gasteiger partial charge in [-0.25, -0.2) is 0 Å². The number of methoxy groups -OCH3 is 1. The van der Waals surface area contributed by atoms with Crippen LogP contribution in [0.3, 0.4) is 0 Å². The van der Waals surface area contributed by atoms with Crippen LogP contribution in [0.5, 0.6) is 5.75 Å². The molecular weight excluding hydrogens is 402 g/mol. The van der Waals surface area contributed by atoms with Gasteiger partial charge in [0.25, 0.3) is 5.91 Å². The first-order valence-electron chi connectivity index (χ1n) is 10.3. The molecule has 2 saturated heterocycles. The van der Waals surface area contributed by atoms with Gasteiger partial charge in [0.1, 0.15) is 5.75 Å². The second kappa shape index (κ2) is 9.06. The van der Waals surface area contributed by atoms with E-state index in [1.54, 1.807) is 31.4 Å². The van der Waals surface area contributed by atoms with E-state index >= 15 is 0 Å². The number of benzene rings is 2. The van der Waals surface area contributed by atoms with Crippen LogP contribution in [-0.4, -0.2) is 67.5 Å². The van der Waals surface area contributed by atoms with Crippen LogP contribution in [0, 0.1) is 0 Å². The molecule has 2 aromatic rings. The molecule has 0 aliphatic carbocycles. The molecule has 1 unspecified atom stereocenters. The van der Waals surface area contributed by atoms with Crippen molar-refractivity contribution in [3.05, 3.63) is 59.1 Å². The van der Waals surface area contributed by atoms with Gasteiger partial charge in [0.15, 0.2) is 0 Å². The molecule has 6 nitrogen and oxygen atoms in total. The summed E-state index contributed by atoms with van der Waals surface area (Å²) in [7, 11) is 1.62. The van der Waals surface area contributed by atoms with E-state index in [4.69, 9.17) is 16.3 Å². The van der Waals surface area contributed by atoms with Gasteiger partial charge in [-0.1, -0.05) is 23.7 Å². The molecule has 0 aromatic heterocycles. The van der Waals surface area contributed by atoms with E-state index in [2.05, 4.69) is 4.90 Å². The number of amides is 2. The Kier molecular flexibility index (Phi) is 6.25. The number of rotatable bonds is 4. The van der Waals surface area contributed by atoms with Crippen molar-refractivity contribution in [3.8, 4) is 5.75 Å². The summed E-state index contributed by atoms with van der Waals surface area (Å²) < 4.78 is 5.44. The highest BCUT2D eigenvalue weighted by atomic mass is 35.5. The Morgan fingerprint density at radius 2 is 1.77 bits per heavy atom. The zero-order valence-electron chi connectivity index (χ0n) is 17.1. The molecule has 0 radical (unpaired) electrons. The highest BCUT2D eigenvalue weighted by molar-refractivity contribution is 6.30. The standard InChI is InChI=1S/C23H26ClN3O3/c1-30-21-6-3-2-5-19(21)27-14-11-20(23(27)29)25-12-4-13-26(16-15-25)22(28)17-7-9-18(24)10-8-17/h2-3,5-10,20H,4,11-16H2,1H3. The summed E-state index contributed by atoms with van der Waals surface area (Å²) in [5, 5.41) is 0.618. The average Bonchev–Trinajstić information content (AvgIpc) is 2.98. The molecule has 158 valence electrons. The second-order valence-electron chi connectivity index (χ2n) is 7.65. The molecule has 2 aromatic carbocycles. The largest absolute Gasteiger partial charge is 0.495 e. The summed E-state index contributed by atoms with van der Waals surface area (Å²) in [4.78, 5) is 32.0. The lowest BCUT2D eigenvalue weighted by Crippen LogP contribution is -2.44. The second-order valence-corrected chi connectivity index (χ2v) is 8.09. The zero-order valence-corrected chi connectivity index (χ0v) is 17.8. The van der Waals surface area contributed by atoms with Crippen molar-refractivity contribution >= 4 is 29.1 Å². The Morgan fingerprint density at radius 3 is 2.53 bits per heavy atom. The molecule has 0 saturated carbocycles. The number of anilines is 1. The van der Waals surface area contributed by atoms with Crippen LogP contribution in [0.1, 0.15) is 23.2 Å².